The van der Waals surface area contributed by atoms with Gasteiger partial charge in [-0.15, -0.1) is 0 Å². The molecule has 51 heavy (non-hydrogen) atoms. The molecule has 0 radical (unpaired) electrons. The van der Waals surface area contributed by atoms with Crippen molar-refractivity contribution in [2.75, 3.05) is 158 Å². The molecule has 1 fully saturated rings. The second kappa shape index (κ2) is 33.7. The molecule has 1 aliphatic rings. The van der Waals surface area contributed by atoms with E-state index >= 15 is 0 Å². The zero-order valence-corrected chi connectivity index (χ0v) is 30.5. The molecule has 1 rings (SSSR count). The van der Waals surface area contributed by atoms with Crippen LogP contribution >= 0.6 is 0 Å². The monoisotopic (exact) mass is 738 g/mol. The van der Waals surface area contributed by atoms with Crippen LogP contribution in [0.4, 0.5) is 0 Å². The number of rotatable bonds is 39. The van der Waals surface area contributed by atoms with E-state index in [4.69, 9.17) is 59.8 Å². The summed E-state index contributed by atoms with van der Waals surface area (Å²) >= 11 is 0. The maximum absolute atomic E-state index is 12.2. The lowest BCUT2D eigenvalue weighted by atomic mass is 10.1. The zero-order valence-electron chi connectivity index (χ0n) is 30.5. The third-order valence-corrected chi connectivity index (χ3v) is 7.49. The van der Waals surface area contributed by atoms with Crippen LogP contribution in [0, 0.1) is 11.3 Å². The molecule has 0 aromatic carbocycles. The first-order valence-corrected chi connectivity index (χ1v) is 18.1. The SMILES string of the molecule is NCCOCCOCCNC(=O)CCOCC1CC1(COCCC(=O)NCCOCCOCCN)COCCC(=O)NCCOCCOCCN. The van der Waals surface area contributed by atoms with E-state index < -0.39 is 0 Å². The highest BCUT2D eigenvalue weighted by molar-refractivity contribution is 5.76. The van der Waals surface area contributed by atoms with Gasteiger partial charge in [-0.3, -0.25) is 14.4 Å². The van der Waals surface area contributed by atoms with Crippen LogP contribution in [0.1, 0.15) is 25.7 Å². The molecule has 1 atom stereocenters. The fourth-order valence-corrected chi connectivity index (χ4v) is 4.60. The van der Waals surface area contributed by atoms with Crippen LogP contribution in [0.2, 0.25) is 0 Å². The third kappa shape index (κ3) is 28.2. The van der Waals surface area contributed by atoms with E-state index in [2.05, 4.69) is 16.0 Å². The summed E-state index contributed by atoms with van der Waals surface area (Å²) in [7, 11) is 0. The van der Waals surface area contributed by atoms with Crippen molar-refractivity contribution in [3.8, 4) is 0 Å². The number of nitrogens with one attached hydrogen (secondary N) is 3. The van der Waals surface area contributed by atoms with E-state index in [-0.39, 0.29) is 68.1 Å². The van der Waals surface area contributed by atoms with Gasteiger partial charge in [-0.05, 0) is 12.3 Å². The first-order chi connectivity index (χ1) is 25.0. The Morgan fingerprint density at radius 3 is 1.14 bits per heavy atom. The summed E-state index contributed by atoms with van der Waals surface area (Å²) in [6.45, 7) is 9.99. The van der Waals surface area contributed by atoms with Crippen LogP contribution in [0.15, 0.2) is 0 Å². The molecule has 1 unspecified atom stereocenters. The Bertz CT molecular complexity index is 823. The van der Waals surface area contributed by atoms with Gasteiger partial charge in [-0.1, -0.05) is 0 Å². The fraction of sp³-hybridized carbons (Fsp3) is 0.909. The van der Waals surface area contributed by atoms with Crippen LogP contribution in [0.25, 0.3) is 0 Å². The van der Waals surface area contributed by atoms with Crippen LogP contribution in [0.5, 0.6) is 0 Å². The molecule has 0 aromatic rings. The normalized spacial score (nSPS) is 14.8. The Kier molecular flexibility index (Phi) is 31.1. The summed E-state index contributed by atoms with van der Waals surface area (Å²) in [4.78, 5) is 36.5. The summed E-state index contributed by atoms with van der Waals surface area (Å²) in [6, 6.07) is 0. The molecule has 0 spiro atoms. The zero-order chi connectivity index (χ0) is 37.1. The average molecular weight is 739 g/mol. The van der Waals surface area contributed by atoms with E-state index in [1.807, 2.05) is 0 Å². The number of amides is 3. The van der Waals surface area contributed by atoms with Gasteiger partial charge in [0.05, 0.1) is 119 Å². The third-order valence-electron chi connectivity index (χ3n) is 7.49. The Morgan fingerprint density at radius 2 is 0.784 bits per heavy atom. The van der Waals surface area contributed by atoms with Crippen molar-refractivity contribution < 1.29 is 57.0 Å². The summed E-state index contributed by atoms with van der Waals surface area (Å²) in [5.41, 5.74) is 15.8. The average Bonchev–Trinajstić information content (AvgIpc) is 3.82. The topological polar surface area (TPSA) is 248 Å². The van der Waals surface area contributed by atoms with Gasteiger partial charge in [0.15, 0.2) is 0 Å². The second-order valence-electron chi connectivity index (χ2n) is 11.8. The highest BCUT2D eigenvalue weighted by Gasteiger charge is 2.54. The molecule has 9 N–H and O–H groups in total. The Labute approximate surface area is 303 Å². The van der Waals surface area contributed by atoms with Crippen molar-refractivity contribution in [1.82, 2.24) is 16.0 Å². The van der Waals surface area contributed by atoms with Crippen LogP contribution in [0.3, 0.4) is 0 Å². The number of carbonyl (C=O) groups is 3. The lowest BCUT2D eigenvalue weighted by Crippen LogP contribution is -2.30. The lowest BCUT2D eigenvalue weighted by molar-refractivity contribution is -0.124. The quantitative estimate of drug-likeness (QED) is 0.0358. The predicted octanol–water partition coefficient (Wildman–Crippen LogP) is -2.46. The smallest absolute Gasteiger partial charge is 0.222 e. The van der Waals surface area contributed by atoms with Gasteiger partial charge >= 0.3 is 0 Å². The molecule has 3 amide bonds. The van der Waals surface area contributed by atoms with Crippen molar-refractivity contribution in [3.63, 3.8) is 0 Å². The summed E-state index contributed by atoms with van der Waals surface area (Å²) in [6.07, 6.45) is 1.47. The van der Waals surface area contributed by atoms with E-state index in [1.54, 1.807) is 0 Å². The van der Waals surface area contributed by atoms with Crippen LogP contribution < -0.4 is 33.2 Å². The fourth-order valence-electron chi connectivity index (χ4n) is 4.60. The van der Waals surface area contributed by atoms with Crippen molar-refractivity contribution >= 4 is 17.7 Å². The van der Waals surface area contributed by atoms with Crippen LogP contribution in [-0.4, -0.2) is 176 Å². The van der Waals surface area contributed by atoms with Gasteiger partial charge in [0.1, 0.15) is 0 Å². The molecule has 0 aliphatic heterocycles. The molecule has 18 heteroatoms. The highest BCUT2D eigenvalue weighted by Crippen LogP contribution is 2.53. The van der Waals surface area contributed by atoms with Gasteiger partial charge in [-0.2, -0.15) is 0 Å². The standard InChI is InChI=1S/C33H66N6O12/c34-4-13-43-19-22-46-16-7-37-30(40)1-10-49-26-29-25-33(29,27-50-11-2-31(41)38-8-17-47-23-20-44-14-5-35)28-51-12-3-32(42)39-9-18-48-24-21-45-15-6-36/h29H,1-28,34-36H2,(H,37,40)(H,38,41)(H,39,42). The molecule has 1 saturated carbocycles. The van der Waals surface area contributed by atoms with Gasteiger partial charge < -0.3 is 75.8 Å². The molecule has 0 saturated heterocycles. The minimum absolute atomic E-state index is 0.116. The predicted molar refractivity (Wildman–Crippen MR) is 188 cm³/mol. The second-order valence-corrected chi connectivity index (χ2v) is 11.8. The van der Waals surface area contributed by atoms with E-state index in [1.165, 1.54) is 0 Å². The molecule has 300 valence electrons. The van der Waals surface area contributed by atoms with Gasteiger partial charge in [0.25, 0.3) is 0 Å². The summed E-state index contributed by atoms with van der Waals surface area (Å²) < 4.78 is 49.6. The van der Waals surface area contributed by atoms with Gasteiger partial charge in [0.2, 0.25) is 17.7 Å². The van der Waals surface area contributed by atoms with E-state index in [0.717, 1.165) is 6.42 Å². The van der Waals surface area contributed by atoms with Crippen molar-refractivity contribution in [1.29, 1.82) is 0 Å². The molecular weight excluding hydrogens is 672 g/mol. The number of carbonyl (C=O) groups excluding carboxylic acids is 3. The summed E-state index contributed by atoms with van der Waals surface area (Å²) in [5.74, 6) is -0.210. The van der Waals surface area contributed by atoms with E-state index in [0.29, 0.717) is 138 Å². The van der Waals surface area contributed by atoms with Gasteiger partial charge in [0, 0.05) is 63.9 Å². The number of hydrogen-bond acceptors (Lipinski definition) is 15. The number of ether oxygens (including phenoxy) is 9. The molecule has 1 aliphatic carbocycles. The molecule has 0 aromatic heterocycles. The maximum Gasteiger partial charge on any atom is 0.222 e. The molecule has 0 heterocycles. The first kappa shape index (κ1) is 47.0. The van der Waals surface area contributed by atoms with Crippen molar-refractivity contribution in [2.45, 2.75) is 25.7 Å². The van der Waals surface area contributed by atoms with Gasteiger partial charge in [-0.25, -0.2) is 0 Å². The van der Waals surface area contributed by atoms with E-state index in [9.17, 15) is 14.4 Å². The van der Waals surface area contributed by atoms with Crippen molar-refractivity contribution in [3.05, 3.63) is 0 Å². The lowest BCUT2D eigenvalue weighted by Gasteiger charge is -2.18. The minimum Gasteiger partial charge on any atom is -0.381 e. The van der Waals surface area contributed by atoms with Crippen LogP contribution in [-0.2, 0) is 57.0 Å². The Hall–Kier alpha value is -2.07. The Morgan fingerprint density at radius 1 is 0.451 bits per heavy atom. The Balaban J connectivity index is 2.31. The molecule has 18 nitrogen and oxygen atoms in total. The molecule has 0 bridgehead atoms. The summed E-state index contributed by atoms with van der Waals surface area (Å²) in [5, 5.41) is 8.42. The minimum atomic E-state index is -0.292. The number of hydrogen-bond donors (Lipinski definition) is 6. The maximum atomic E-state index is 12.2. The molecular formula is C33H66N6O12. The highest BCUT2D eigenvalue weighted by atomic mass is 16.5. The van der Waals surface area contributed by atoms with Crippen molar-refractivity contribution in [2.24, 2.45) is 28.5 Å². The largest absolute Gasteiger partial charge is 0.381 e. The number of nitrogens with two attached hydrogens (primary N) is 3. The first-order valence-electron chi connectivity index (χ1n) is 18.1.